The molecule has 0 amide bonds. The van der Waals surface area contributed by atoms with Crippen LogP contribution in [0.2, 0.25) is 0 Å². The summed E-state index contributed by atoms with van der Waals surface area (Å²) < 4.78 is 6.43. The highest BCUT2D eigenvalue weighted by Crippen LogP contribution is 2.31. The number of hydrogen-bond acceptors (Lipinski definition) is 9. The summed E-state index contributed by atoms with van der Waals surface area (Å²) in [5.74, 6) is 0.881. The van der Waals surface area contributed by atoms with E-state index >= 15 is 0 Å². The van der Waals surface area contributed by atoms with Crippen LogP contribution in [0.5, 0.6) is 0 Å². The van der Waals surface area contributed by atoms with Crippen molar-refractivity contribution in [3.05, 3.63) is 54.4 Å². The Kier molecular flexibility index (Phi) is 4.41. The highest BCUT2D eigenvalue weighted by molar-refractivity contribution is 7.99. The molecule has 0 spiro atoms. The van der Waals surface area contributed by atoms with Gasteiger partial charge in [0.25, 0.3) is 0 Å². The number of hydrogen-bond donors (Lipinski definition) is 2. The molecule has 1 unspecified atom stereocenters. The van der Waals surface area contributed by atoms with E-state index in [0.29, 0.717) is 5.82 Å². The summed E-state index contributed by atoms with van der Waals surface area (Å²) in [7, 11) is 0. The largest absolute Gasteiger partial charge is 0.328 e. The monoisotopic (exact) mass is 408 g/mol. The predicted octanol–water partition coefficient (Wildman–Crippen LogP) is 3.46. The van der Waals surface area contributed by atoms with Gasteiger partial charge >= 0.3 is 0 Å². The van der Waals surface area contributed by atoms with Crippen LogP contribution in [0.1, 0.15) is 17.3 Å². The Morgan fingerprint density at radius 2 is 2.21 bits per heavy atom. The molecule has 5 heterocycles. The standard InChI is InChI=1S/C18H16N8S2/c1-11-6-15(28-25-11)23-17-18-20-9-14(12-7-21-22-8-12)26(18)10-16(24-17)27-13-2-4-19-5-3-13/h2-7,9-10,12,22H,8H2,1H3,(H,23,24). The Hall–Kier alpha value is -2.98. The lowest BCUT2D eigenvalue weighted by Crippen LogP contribution is -2.11. The van der Waals surface area contributed by atoms with Crippen LogP contribution in [-0.2, 0) is 0 Å². The predicted molar refractivity (Wildman–Crippen MR) is 111 cm³/mol. The molecule has 1 atom stereocenters. The van der Waals surface area contributed by atoms with Crippen molar-refractivity contribution >= 4 is 46.0 Å². The number of nitrogens with one attached hydrogen (secondary N) is 2. The van der Waals surface area contributed by atoms with Crippen LogP contribution in [0.3, 0.4) is 0 Å². The molecule has 0 saturated heterocycles. The van der Waals surface area contributed by atoms with Crippen molar-refractivity contribution in [2.45, 2.75) is 22.8 Å². The summed E-state index contributed by atoms with van der Waals surface area (Å²) in [5.41, 5.74) is 5.84. The van der Waals surface area contributed by atoms with Crippen molar-refractivity contribution in [2.24, 2.45) is 5.10 Å². The van der Waals surface area contributed by atoms with Gasteiger partial charge in [0.1, 0.15) is 10.0 Å². The van der Waals surface area contributed by atoms with E-state index in [1.165, 1.54) is 11.5 Å². The Labute approximate surface area is 169 Å². The summed E-state index contributed by atoms with van der Waals surface area (Å²) in [6, 6.07) is 5.94. The fourth-order valence-electron chi connectivity index (χ4n) is 2.99. The molecule has 8 nitrogen and oxygen atoms in total. The van der Waals surface area contributed by atoms with Crippen LogP contribution >= 0.6 is 23.3 Å². The maximum absolute atomic E-state index is 4.82. The summed E-state index contributed by atoms with van der Waals surface area (Å²) in [6.07, 6.45) is 9.40. The van der Waals surface area contributed by atoms with Crippen molar-refractivity contribution in [1.82, 2.24) is 29.2 Å². The molecule has 0 saturated carbocycles. The van der Waals surface area contributed by atoms with Crippen LogP contribution in [0.25, 0.3) is 5.65 Å². The van der Waals surface area contributed by atoms with Gasteiger partial charge < -0.3 is 10.7 Å². The molecule has 1 aliphatic heterocycles. The number of pyridine rings is 1. The number of anilines is 2. The first-order chi connectivity index (χ1) is 13.8. The Balaban J connectivity index is 1.60. The third-order valence-electron chi connectivity index (χ3n) is 4.28. The summed E-state index contributed by atoms with van der Waals surface area (Å²) in [4.78, 5) is 14.6. The van der Waals surface area contributed by atoms with Gasteiger partial charge in [0.15, 0.2) is 11.5 Å². The minimum Gasteiger partial charge on any atom is -0.328 e. The molecule has 4 aromatic heterocycles. The second-order valence-electron chi connectivity index (χ2n) is 6.29. The highest BCUT2D eigenvalue weighted by Gasteiger charge is 2.20. The van der Waals surface area contributed by atoms with Gasteiger partial charge in [-0.2, -0.15) is 9.47 Å². The molecule has 0 fully saturated rings. The maximum Gasteiger partial charge on any atom is 0.180 e. The Morgan fingerprint density at radius 3 is 2.96 bits per heavy atom. The van der Waals surface area contributed by atoms with Crippen molar-refractivity contribution in [3.63, 3.8) is 0 Å². The first kappa shape index (κ1) is 17.1. The van der Waals surface area contributed by atoms with E-state index < -0.39 is 0 Å². The second kappa shape index (κ2) is 7.21. The first-order valence-corrected chi connectivity index (χ1v) is 10.3. The molecule has 140 valence electrons. The first-order valence-electron chi connectivity index (χ1n) is 8.68. The van der Waals surface area contributed by atoms with E-state index in [1.807, 2.05) is 43.7 Å². The average Bonchev–Trinajstić information content (AvgIpc) is 3.43. The van der Waals surface area contributed by atoms with Crippen LogP contribution in [-0.4, -0.2) is 36.5 Å². The van der Waals surface area contributed by atoms with Crippen LogP contribution < -0.4 is 10.7 Å². The molecule has 0 aromatic carbocycles. The number of hydrazone groups is 1. The van der Waals surface area contributed by atoms with Crippen molar-refractivity contribution in [3.8, 4) is 0 Å². The summed E-state index contributed by atoms with van der Waals surface area (Å²) >= 11 is 3.00. The molecule has 28 heavy (non-hydrogen) atoms. The zero-order valence-corrected chi connectivity index (χ0v) is 16.5. The molecule has 0 radical (unpaired) electrons. The fourth-order valence-corrected chi connectivity index (χ4v) is 4.44. The molecule has 4 aromatic rings. The van der Waals surface area contributed by atoms with Crippen molar-refractivity contribution in [2.75, 3.05) is 11.9 Å². The lowest BCUT2D eigenvalue weighted by atomic mass is 10.1. The molecule has 0 aliphatic carbocycles. The fraction of sp³-hybridized carbons (Fsp3) is 0.167. The zero-order chi connectivity index (χ0) is 18.9. The molecule has 5 rings (SSSR count). The van der Waals surface area contributed by atoms with Crippen LogP contribution in [0, 0.1) is 6.92 Å². The topological polar surface area (TPSA) is 92.4 Å². The van der Waals surface area contributed by atoms with Gasteiger partial charge in [0.2, 0.25) is 0 Å². The lowest BCUT2D eigenvalue weighted by Gasteiger charge is -2.11. The van der Waals surface area contributed by atoms with Gasteiger partial charge in [-0.1, -0.05) is 11.8 Å². The lowest BCUT2D eigenvalue weighted by molar-refractivity contribution is 0.745. The number of imidazole rings is 1. The minimum absolute atomic E-state index is 0.176. The third kappa shape index (κ3) is 3.32. The molecule has 2 N–H and O–H groups in total. The van der Waals surface area contributed by atoms with Crippen LogP contribution in [0.15, 0.2) is 58.0 Å². The van der Waals surface area contributed by atoms with E-state index in [4.69, 9.17) is 4.98 Å². The smallest absolute Gasteiger partial charge is 0.180 e. The van der Waals surface area contributed by atoms with Gasteiger partial charge in [-0.3, -0.25) is 9.38 Å². The van der Waals surface area contributed by atoms with Gasteiger partial charge in [0.05, 0.1) is 23.5 Å². The maximum atomic E-state index is 4.82. The van der Waals surface area contributed by atoms with Crippen LogP contribution in [0.4, 0.5) is 10.8 Å². The van der Waals surface area contributed by atoms with E-state index in [2.05, 4.69) is 34.6 Å². The Bertz CT molecular complexity index is 1150. The number of aryl methyl sites for hydroxylation is 1. The average molecular weight is 409 g/mol. The molecule has 1 aliphatic rings. The van der Waals surface area contributed by atoms with E-state index in [0.717, 1.165) is 38.5 Å². The van der Waals surface area contributed by atoms with E-state index in [1.54, 1.807) is 24.2 Å². The third-order valence-corrected chi connectivity index (χ3v) is 5.99. The molecule has 0 bridgehead atoms. The van der Waals surface area contributed by atoms with Gasteiger partial charge in [-0.25, -0.2) is 9.97 Å². The minimum atomic E-state index is 0.176. The number of fused-ring (bicyclic) bond motifs is 1. The summed E-state index contributed by atoms with van der Waals surface area (Å²) in [6.45, 7) is 2.74. The number of rotatable bonds is 5. The van der Waals surface area contributed by atoms with Gasteiger partial charge in [-0.15, -0.1) is 0 Å². The SMILES string of the molecule is Cc1cc(Nc2nc(Sc3ccncc3)cn3c(C4C=NNC4)cnc23)sn1. The van der Waals surface area contributed by atoms with E-state index in [-0.39, 0.29) is 5.92 Å². The second-order valence-corrected chi connectivity index (χ2v) is 8.19. The number of aromatic nitrogens is 5. The van der Waals surface area contributed by atoms with Crippen molar-refractivity contribution in [1.29, 1.82) is 0 Å². The normalized spacial score (nSPS) is 15.8. The zero-order valence-electron chi connectivity index (χ0n) is 14.9. The molecule has 10 heteroatoms. The Morgan fingerprint density at radius 1 is 1.32 bits per heavy atom. The number of nitrogens with zero attached hydrogens (tertiary/aromatic N) is 6. The van der Waals surface area contributed by atoms with Gasteiger partial charge in [0, 0.05) is 36.2 Å². The highest BCUT2D eigenvalue weighted by atomic mass is 32.2. The molecular weight excluding hydrogens is 392 g/mol. The van der Waals surface area contributed by atoms with Crippen molar-refractivity contribution < 1.29 is 0 Å². The summed E-state index contributed by atoms with van der Waals surface area (Å²) in [5, 5.41) is 9.33. The van der Waals surface area contributed by atoms with E-state index in [9.17, 15) is 0 Å². The van der Waals surface area contributed by atoms with Gasteiger partial charge in [-0.05, 0) is 36.7 Å². The molecular formula is C18H16N8S2. The quantitative estimate of drug-likeness (QED) is 0.522.